The van der Waals surface area contributed by atoms with E-state index in [1.165, 1.54) is 0 Å². The number of rotatable bonds is 7. The summed E-state index contributed by atoms with van der Waals surface area (Å²) >= 11 is 0. The lowest BCUT2D eigenvalue weighted by Crippen LogP contribution is -2.47. The molecule has 1 fully saturated rings. The molecule has 1 aliphatic heterocycles. The number of nitrogens with one attached hydrogen (secondary N) is 1. The lowest BCUT2D eigenvalue weighted by Gasteiger charge is -2.31. The van der Waals surface area contributed by atoms with Gasteiger partial charge in [-0.2, -0.15) is 0 Å². The van der Waals surface area contributed by atoms with Crippen LogP contribution in [-0.4, -0.2) is 57.6 Å². The van der Waals surface area contributed by atoms with Crippen LogP contribution in [0.25, 0.3) is 11.5 Å². The number of oxazole rings is 1. The monoisotopic (exact) mass is 447 g/mol. The Kier molecular flexibility index (Phi) is 7.84. The molecule has 8 nitrogen and oxygen atoms in total. The Morgan fingerprint density at radius 1 is 1.23 bits per heavy atom. The van der Waals surface area contributed by atoms with Gasteiger partial charge in [-0.3, -0.25) is 9.00 Å². The van der Waals surface area contributed by atoms with Gasteiger partial charge in [0.25, 0.3) is 0 Å². The van der Waals surface area contributed by atoms with Crippen LogP contribution in [0.4, 0.5) is 4.79 Å². The van der Waals surface area contributed by atoms with Crippen LogP contribution >= 0.6 is 0 Å². The minimum atomic E-state index is -1.40. The Balaban J connectivity index is 1.47. The Morgan fingerprint density at radius 3 is 2.55 bits per heavy atom. The molecule has 0 bridgehead atoms. The summed E-state index contributed by atoms with van der Waals surface area (Å²) in [6.07, 6.45) is 0.986. The highest BCUT2D eigenvalue weighted by Crippen LogP contribution is 2.23. The zero-order chi connectivity index (χ0) is 22.4. The number of aromatic nitrogens is 1. The molecule has 1 saturated heterocycles. The van der Waals surface area contributed by atoms with Gasteiger partial charge in [0.15, 0.2) is 0 Å². The molecule has 1 aromatic carbocycles. The topological polar surface area (TPSA) is 102 Å². The molecule has 0 spiro atoms. The van der Waals surface area contributed by atoms with Gasteiger partial charge in [-0.1, -0.05) is 17.7 Å². The number of ether oxygens (including phenoxy) is 1. The highest BCUT2D eigenvalue weighted by molar-refractivity contribution is 7.84. The third kappa shape index (κ3) is 6.40. The van der Waals surface area contributed by atoms with E-state index in [1.54, 1.807) is 18.7 Å². The molecule has 1 atom stereocenters. The first-order valence-corrected chi connectivity index (χ1v) is 11.9. The van der Waals surface area contributed by atoms with E-state index < -0.39 is 10.8 Å². The molecule has 1 N–H and O–H groups in total. The average Bonchev–Trinajstić information content (AvgIpc) is 3.09. The third-order valence-corrected chi connectivity index (χ3v) is 6.35. The lowest BCUT2D eigenvalue weighted by atomic mass is 10.1. The minimum Gasteiger partial charge on any atom is -0.450 e. The summed E-state index contributed by atoms with van der Waals surface area (Å²) in [6.45, 7) is 6.98. The quantitative estimate of drug-likeness (QED) is 0.700. The number of hydrogen-bond donors (Lipinski definition) is 1. The second-order valence-electron chi connectivity index (χ2n) is 7.64. The summed E-state index contributed by atoms with van der Waals surface area (Å²) in [7, 11) is -1.40. The summed E-state index contributed by atoms with van der Waals surface area (Å²) in [5.74, 6) is 0.908. The van der Waals surface area contributed by atoms with E-state index in [0.29, 0.717) is 49.9 Å². The number of benzene rings is 1. The molecule has 1 aromatic heterocycles. The fraction of sp³-hybridized carbons (Fsp3) is 0.500. The van der Waals surface area contributed by atoms with Crippen LogP contribution < -0.4 is 5.32 Å². The zero-order valence-electron chi connectivity index (χ0n) is 18.2. The minimum absolute atomic E-state index is 0.0305. The van der Waals surface area contributed by atoms with Gasteiger partial charge in [-0.05, 0) is 45.7 Å². The number of nitrogens with zero attached hydrogens (tertiary/aromatic N) is 2. The molecule has 168 valence electrons. The van der Waals surface area contributed by atoms with Crippen molar-refractivity contribution in [1.82, 2.24) is 15.2 Å². The van der Waals surface area contributed by atoms with Crippen molar-refractivity contribution in [2.45, 2.75) is 45.4 Å². The van der Waals surface area contributed by atoms with Crippen molar-refractivity contribution in [1.29, 1.82) is 0 Å². The first kappa shape index (κ1) is 23.0. The predicted molar refractivity (Wildman–Crippen MR) is 118 cm³/mol. The molecule has 3 rings (SSSR count). The van der Waals surface area contributed by atoms with E-state index in [0.717, 1.165) is 11.1 Å². The van der Waals surface area contributed by atoms with Gasteiger partial charge in [0.2, 0.25) is 11.8 Å². The number of amides is 2. The molecule has 31 heavy (non-hydrogen) atoms. The average molecular weight is 448 g/mol. The van der Waals surface area contributed by atoms with E-state index in [2.05, 4.69) is 10.3 Å². The SMILES string of the molecule is CCOC(=O)N1CCC(NC(=O)C[S@](=O)Cc2nc(-c3ccc(C)cc3)oc2C)CC1. The van der Waals surface area contributed by atoms with Gasteiger partial charge in [0.05, 0.1) is 18.1 Å². The largest absolute Gasteiger partial charge is 0.450 e. The summed E-state index contributed by atoms with van der Waals surface area (Å²) < 4.78 is 23.2. The molecule has 0 radical (unpaired) electrons. The van der Waals surface area contributed by atoms with Crippen molar-refractivity contribution >= 4 is 22.8 Å². The van der Waals surface area contributed by atoms with Crippen molar-refractivity contribution in [2.24, 2.45) is 0 Å². The van der Waals surface area contributed by atoms with Crippen LogP contribution in [0.5, 0.6) is 0 Å². The maximum Gasteiger partial charge on any atom is 0.409 e. The molecule has 0 unspecified atom stereocenters. The standard InChI is InChI=1S/C22H29N3O5S/c1-4-29-22(27)25-11-9-18(10-12-25)23-20(26)14-31(28)13-19-16(3)30-21(24-19)17-7-5-15(2)6-8-17/h5-8,18H,4,9-14H2,1-3H3,(H,23,26)/t31-/m1/s1. The Morgan fingerprint density at radius 2 is 1.90 bits per heavy atom. The van der Waals surface area contributed by atoms with Gasteiger partial charge in [-0.25, -0.2) is 9.78 Å². The number of likely N-dealkylation sites (tertiary alicyclic amines) is 1. The summed E-state index contributed by atoms with van der Waals surface area (Å²) in [6, 6.07) is 7.80. The molecule has 9 heteroatoms. The van der Waals surface area contributed by atoms with Crippen molar-refractivity contribution < 1.29 is 23.0 Å². The third-order valence-electron chi connectivity index (χ3n) is 5.17. The second kappa shape index (κ2) is 10.6. The van der Waals surface area contributed by atoms with Crippen LogP contribution in [0.15, 0.2) is 28.7 Å². The van der Waals surface area contributed by atoms with E-state index in [9.17, 15) is 13.8 Å². The van der Waals surface area contributed by atoms with Gasteiger partial charge in [0.1, 0.15) is 11.5 Å². The number of aryl methyl sites for hydroxylation is 2. The van der Waals surface area contributed by atoms with Gasteiger partial charge in [0, 0.05) is 35.5 Å². The maximum atomic E-state index is 12.5. The van der Waals surface area contributed by atoms with Gasteiger partial charge in [-0.15, -0.1) is 0 Å². The highest BCUT2D eigenvalue weighted by Gasteiger charge is 2.25. The summed E-state index contributed by atoms with van der Waals surface area (Å²) in [4.78, 5) is 30.2. The lowest BCUT2D eigenvalue weighted by molar-refractivity contribution is -0.119. The Labute approximate surface area is 184 Å². The molecule has 2 amide bonds. The van der Waals surface area contributed by atoms with Crippen molar-refractivity contribution in [3.8, 4) is 11.5 Å². The van der Waals surface area contributed by atoms with Crippen LogP contribution in [0.2, 0.25) is 0 Å². The Hall–Kier alpha value is -2.68. The van der Waals surface area contributed by atoms with Crippen LogP contribution in [0.3, 0.4) is 0 Å². The van der Waals surface area contributed by atoms with Gasteiger partial charge >= 0.3 is 6.09 Å². The van der Waals surface area contributed by atoms with Crippen LogP contribution in [-0.2, 0) is 26.1 Å². The first-order chi connectivity index (χ1) is 14.9. The smallest absolute Gasteiger partial charge is 0.409 e. The van der Waals surface area contributed by atoms with Crippen LogP contribution in [0, 0.1) is 13.8 Å². The van der Waals surface area contributed by atoms with Crippen molar-refractivity contribution in [3.05, 3.63) is 41.3 Å². The normalized spacial score (nSPS) is 15.5. The Bertz CT molecular complexity index is 933. The molecule has 0 aliphatic carbocycles. The highest BCUT2D eigenvalue weighted by atomic mass is 32.2. The molecule has 2 aromatic rings. The molecule has 1 aliphatic rings. The summed E-state index contributed by atoms with van der Waals surface area (Å²) in [5.41, 5.74) is 2.60. The van der Waals surface area contributed by atoms with E-state index in [-0.39, 0.29) is 29.5 Å². The fourth-order valence-electron chi connectivity index (χ4n) is 3.42. The van der Waals surface area contributed by atoms with Crippen LogP contribution in [0.1, 0.15) is 36.8 Å². The maximum absolute atomic E-state index is 12.5. The van der Waals surface area contributed by atoms with E-state index in [1.807, 2.05) is 31.2 Å². The second-order valence-corrected chi connectivity index (χ2v) is 9.10. The van der Waals surface area contributed by atoms with E-state index >= 15 is 0 Å². The summed E-state index contributed by atoms with van der Waals surface area (Å²) in [5, 5.41) is 2.92. The number of piperidine rings is 1. The molecule has 0 saturated carbocycles. The molecule has 2 heterocycles. The molecular formula is C22H29N3O5S. The first-order valence-electron chi connectivity index (χ1n) is 10.4. The predicted octanol–water partition coefficient (Wildman–Crippen LogP) is 2.94. The van der Waals surface area contributed by atoms with Crippen molar-refractivity contribution in [3.63, 3.8) is 0 Å². The fourth-order valence-corrected chi connectivity index (χ4v) is 4.47. The number of carbonyl (C=O) groups is 2. The zero-order valence-corrected chi connectivity index (χ0v) is 19.0. The number of carbonyl (C=O) groups excluding carboxylic acids is 2. The van der Waals surface area contributed by atoms with Crippen molar-refractivity contribution in [2.75, 3.05) is 25.4 Å². The molecular weight excluding hydrogens is 418 g/mol. The van der Waals surface area contributed by atoms with Gasteiger partial charge < -0.3 is 19.4 Å². The number of hydrogen-bond acceptors (Lipinski definition) is 6. The van der Waals surface area contributed by atoms with E-state index in [4.69, 9.17) is 9.15 Å².